The van der Waals surface area contributed by atoms with E-state index in [0.717, 1.165) is 57.1 Å². The number of rotatable bonds is 0. The Morgan fingerprint density at radius 2 is 1.83 bits per heavy atom. The highest BCUT2D eigenvalue weighted by atomic mass is 16.5. The molecule has 30 heavy (non-hydrogen) atoms. The minimum atomic E-state index is -0.363. The van der Waals surface area contributed by atoms with Gasteiger partial charge in [0.25, 0.3) is 5.91 Å². The number of nitrogens with one attached hydrogen (secondary N) is 1. The number of piperidine rings is 2. The van der Waals surface area contributed by atoms with Crippen molar-refractivity contribution in [1.29, 1.82) is 0 Å². The van der Waals surface area contributed by atoms with Gasteiger partial charge in [-0.05, 0) is 68.9 Å². The lowest BCUT2D eigenvalue weighted by Crippen LogP contribution is -2.69. The van der Waals surface area contributed by atoms with Crippen molar-refractivity contribution < 1.29 is 19.1 Å². The molecule has 2 saturated heterocycles. The first kappa shape index (κ1) is 19.9. The smallest absolute Gasteiger partial charge is 0.260 e. The van der Waals surface area contributed by atoms with Gasteiger partial charge in [0.1, 0.15) is 5.75 Å². The second kappa shape index (κ2) is 8.22. The van der Waals surface area contributed by atoms with Gasteiger partial charge in [-0.2, -0.15) is 0 Å². The number of carbonyl (C=O) groups excluding carboxylic acids is 2. The van der Waals surface area contributed by atoms with E-state index in [-0.39, 0.29) is 36.1 Å². The van der Waals surface area contributed by atoms with Crippen molar-refractivity contribution in [3.63, 3.8) is 0 Å². The van der Waals surface area contributed by atoms with E-state index in [2.05, 4.69) is 17.4 Å². The van der Waals surface area contributed by atoms with Crippen molar-refractivity contribution in [3.05, 3.63) is 29.8 Å². The van der Waals surface area contributed by atoms with Crippen molar-refractivity contribution in [2.45, 2.75) is 81.4 Å². The number of fused-ring (bicyclic) bond motifs is 5. The molecule has 162 valence electrons. The highest BCUT2D eigenvalue weighted by Gasteiger charge is 2.49. The van der Waals surface area contributed by atoms with Crippen molar-refractivity contribution in [2.75, 3.05) is 19.8 Å². The summed E-state index contributed by atoms with van der Waals surface area (Å²) in [6, 6.07) is 8.04. The molecule has 6 rings (SSSR count). The number of carbonyl (C=O) groups is 2. The van der Waals surface area contributed by atoms with Gasteiger partial charge in [-0.15, -0.1) is 0 Å². The predicted molar refractivity (Wildman–Crippen MR) is 112 cm³/mol. The third kappa shape index (κ3) is 3.70. The molecule has 4 heterocycles. The Hall–Kier alpha value is -2.08. The lowest BCUT2D eigenvalue weighted by Gasteiger charge is -2.52. The van der Waals surface area contributed by atoms with E-state index >= 15 is 0 Å². The van der Waals surface area contributed by atoms with Crippen LogP contribution in [0.15, 0.2) is 24.3 Å². The van der Waals surface area contributed by atoms with E-state index < -0.39 is 0 Å². The summed E-state index contributed by atoms with van der Waals surface area (Å²) in [6.07, 6.45) is 8.60. The number of amides is 2. The Morgan fingerprint density at radius 1 is 1.03 bits per heavy atom. The third-order valence-electron chi connectivity index (χ3n) is 7.65. The molecule has 6 heteroatoms. The van der Waals surface area contributed by atoms with Crippen LogP contribution < -0.4 is 10.1 Å². The summed E-state index contributed by atoms with van der Waals surface area (Å²) in [5.41, 5.74) is 0.854. The second-order valence-corrected chi connectivity index (χ2v) is 9.40. The van der Waals surface area contributed by atoms with E-state index in [9.17, 15) is 9.59 Å². The van der Waals surface area contributed by atoms with Crippen molar-refractivity contribution in [3.8, 4) is 5.75 Å². The maximum atomic E-state index is 13.3. The maximum absolute atomic E-state index is 13.3. The Bertz CT molecular complexity index is 800. The summed E-state index contributed by atoms with van der Waals surface area (Å²) in [7, 11) is 0. The molecule has 2 bridgehead atoms. The number of benzene rings is 1. The molecule has 0 aromatic heterocycles. The average molecular weight is 413 g/mol. The lowest BCUT2D eigenvalue weighted by molar-refractivity contribution is -0.148. The van der Waals surface area contributed by atoms with Gasteiger partial charge in [0, 0.05) is 13.0 Å². The number of hydrogen-bond acceptors (Lipinski definition) is 4. The zero-order chi connectivity index (χ0) is 20.6. The van der Waals surface area contributed by atoms with Gasteiger partial charge in [-0.1, -0.05) is 18.2 Å². The van der Waals surface area contributed by atoms with Crippen LogP contribution in [0.1, 0.15) is 69.3 Å². The van der Waals surface area contributed by atoms with Crippen LogP contribution in [0.3, 0.4) is 0 Å². The molecule has 3 fully saturated rings. The molecule has 0 unspecified atom stereocenters. The van der Waals surface area contributed by atoms with Crippen LogP contribution in [0, 0.1) is 0 Å². The number of nitrogens with zero attached hydrogens (tertiary/aromatic N) is 1. The van der Waals surface area contributed by atoms with Crippen LogP contribution in [0.4, 0.5) is 0 Å². The molecule has 1 saturated carbocycles. The highest BCUT2D eigenvalue weighted by molar-refractivity contribution is 5.80. The topological polar surface area (TPSA) is 67.9 Å². The van der Waals surface area contributed by atoms with Gasteiger partial charge in [0.05, 0.1) is 24.3 Å². The van der Waals surface area contributed by atoms with Gasteiger partial charge >= 0.3 is 0 Å². The molecule has 2 atom stereocenters. The fourth-order valence-electron chi connectivity index (χ4n) is 6.08. The van der Waals surface area contributed by atoms with E-state index in [1.54, 1.807) is 0 Å². The lowest BCUT2D eigenvalue weighted by atomic mass is 9.75. The standard InChI is InChI=1S/C24H32N2O4/c27-22-7-3-12-24(25-22)13-4-14-26-21(24)15-29-18-10-8-17(9-11-18)19-5-1-2-6-20(19)30-16-23(26)28/h1-2,5-6,17-18,21H,3-4,7-16H2,(H,25,27)/t17-,18+,21-,24-/m1/s1. The molecule has 1 aromatic rings. The van der Waals surface area contributed by atoms with Gasteiger partial charge in [0.2, 0.25) is 5.91 Å². The third-order valence-corrected chi connectivity index (χ3v) is 7.65. The first-order valence-corrected chi connectivity index (χ1v) is 11.6. The predicted octanol–water partition coefficient (Wildman–Crippen LogP) is 3.15. The molecule has 6 nitrogen and oxygen atoms in total. The molecule has 1 aromatic carbocycles. The summed E-state index contributed by atoms with van der Waals surface area (Å²) in [6.45, 7) is 1.23. The summed E-state index contributed by atoms with van der Waals surface area (Å²) in [5, 5.41) is 3.28. The number of ether oxygens (including phenoxy) is 2. The zero-order valence-electron chi connectivity index (χ0n) is 17.6. The van der Waals surface area contributed by atoms with Crippen LogP contribution in [0.2, 0.25) is 0 Å². The van der Waals surface area contributed by atoms with Crippen LogP contribution in [0.5, 0.6) is 5.75 Å². The first-order chi connectivity index (χ1) is 14.6. The van der Waals surface area contributed by atoms with E-state index in [1.165, 1.54) is 5.56 Å². The fraction of sp³-hybridized carbons (Fsp3) is 0.667. The van der Waals surface area contributed by atoms with E-state index in [0.29, 0.717) is 25.5 Å². The van der Waals surface area contributed by atoms with Crippen molar-refractivity contribution >= 4 is 11.8 Å². The summed E-state index contributed by atoms with van der Waals surface area (Å²) < 4.78 is 12.5. The first-order valence-electron chi connectivity index (χ1n) is 11.6. The van der Waals surface area contributed by atoms with Gasteiger partial charge in [-0.25, -0.2) is 0 Å². The van der Waals surface area contributed by atoms with Crippen molar-refractivity contribution in [2.24, 2.45) is 0 Å². The van der Waals surface area contributed by atoms with Gasteiger partial charge < -0.3 is 19.7 Å². The van der Waals surface area contributed by atoms with Crippen LogP contribution in [-0.4, -0.2) is 54.2 Å². The molecule has 2 amide bonds. The molecule has 0 radical (unpaired) electrons. The SMILES string of the molecule is O=C1CCC[C@]2(CCCN3C(=O)COc4ccccc4[C@H]4CC[C@H](CC4)OC[C@@H]32)N1. The monoisotopic (exact) mass is 412 g/mol. The van der Waals surface area contributed by atoms with E-state index in [4.69, 9.17) is 9.47 Å². The summed E-state index contributed by atoms with van der Waals surface area (Å²) in [4.78, 5) is 27.5. The second-order valence-electron chi connectivity index (χ2n) is 9.40. The van der Waals surface area contributed by atoms with Crippen LogP contribution in [0.25, 0.3) is 0 Å². The van der Waals surface area contributed by atoms with Crippen molar-refractivity contribution in [1.82, 2.24) is 10.2 Å². The van der Waals surface area contributed by atoms with Crippen LogP contribution >= 0.6 is 0 Å². The molecular formula is C24H32N2O4. The Kier molecular flexibility index (Phi) is 5.44. The maximum Gasteiger partial charge on any atom is 0.260 e. The Balaban J connectivity index is 1.46. The molecular weight excluding hydrogens is 380 g/mol. The molecule has 4 aliphatic heterocycles. The molecule has 1 aliphatic carbocycles. The van der Waals surface area contributed by atoms with Crippen LogP contribution in [-0.2, 0) is 14.3 Å². The number of hydrogen-bond donors (Lipinski definition) is 1. The van der Waals surface area contributed by atoms with E-state index in [1.807, 2.05) is 17.0 Å². The van der Waals surface area contributed by atoms with Gasteiger partial charge in [-0.3, -0.25) is 9.59 Å². The largest absolute Gasteiger partial charge is 0.483 e. The quantitative estimate of drug-likeness (QED) is 0.711. The average Bonchev–Trinajstić information content (AvgIpc) is 2.78. The summed E-state index contributed by atoms with van der Waals surface area (Å²) in [5.74, 6) is 1.39. The molecule has 1 spiro atoms. The zero-order valence-corrected chi connectivity index (χ0v) is 17.6. The number of para-hydroxylation sites is 1. The molecule has 1 N–H and O–H groups in total. The molecule has 5 aliphatic rings. The minimum absolute atomic E-state index is 0.0103. The van der Waals surface area contributed by atoms with Gasteiger partial charge in [0.15, 0.2) is 6.61 Å². The normalized spacial score (nSPS) is 34.7. The highest BCUT2D eigenvalue weighted by Crippen LogP contribution is 2.40. The summed E-state index contributed by atoms with van der Waals surface area (Å²) >= 11 is 0. The Morgan fingerprint density at radius 3 is 2.67 bits per heavy atom. The minimum Gasteiger partial charge on any atom is -0.483 e. The Labute approximate surface area is 178 Å². The fourth-order valence-corrected chi connectivity index (χ4v) is 6.08.